The maximum atomic E-state index is 15.7. The van der Waals surface area contributed by atoms with E-state index in [1.807, 2.05) is 13.0 Å². The number of halogens is 3. The summed E-state index contributed by atoms with van der Waals surface area (Å²) in [4.78, 5) is 15.9. The molecule has 1 saturated carbocycles. The van der Waals surface area contributed by atoms with E-state index in [0.717, 1.165) is 16.7 Å². The molecule has 1 aromatic carbocycles. The van der Waals surface area contributed by atoms with Gasteiger partial charge >= 0.3 is 5.97 Å². The predicted molar refractivity (Wildman–Crippen MR) is 124 cm³/mol. The van der Waals surface area contributed by atoms with Crippen molar-refractivity contribution in [3.63, 3.8) is 0 Å². The van der Waals surface area contributed by atoms with Crippen molar-refractivity contribution in [3.8, 4) is 22.3 Å². The zero-order valence-electron chi connectivity index (χ0n) is 19.3. The third-order valence-corrected chi connectivity index (χ3v) is 6.81. The lowest BCUT2D eigenvalue weighted by Gasteiger charge is -2.34. The third-order valence-electron chi connectivity index (χ3n) is 6.81. The molecule has 1 fully saturated rings. The molecule has 0 atom stereocenters. The summed E-state index contributed by atoms with van der Waals surface area (Å²) in [6.45, 7) is 3.54. The summed E-state index contributed by atoms with van der Waals surface area (Å²) in [6.07, 6.45) is 2.06. The van der Waals surface area contributed by atoms with Crippen LogP contribution in [0.5, 0.6) is 0 Å². The minimum absolute atomic E-state index is 0.0838. The first kappa shape index (κ1) is 23.1. The van der Waals surface area contributed by atoms with Gasteiger partial charge in [-0.2, -0.15) is 0 Å². The lowest BCUT2D eigenvalue weighted by atomic mass is 9.84. The van der Waals surface area contributed by atoms with Gasteiger partial charge in [0.15, 0.2) is 0 Å². The number of carboxylic acids is 1. The van der Waals surface area contributed by atoms with Gasteiger partial charge in [-0.25, -0.2) is 18.0 Å². The van der Waals surface area contributed by atoms with Gasteiger partial charge in [0.25, 0.3) is 0 Å². The van der Waals surface area contributed by atoms with Crippen LogP contribution in [-0.4, -0.2) is 37.4 Å². The van der Waals surface area contributed by atoms with Gasteiger partial charge in [0.05, 0.1) is 28.8 Å². The van der Waals surface area contributed by atoms with Gasteiger partial charge in [-0.1, -0.05) is 17.3 Å². The molecule has 0 spiro atoms. The second-order valence-electron chi connectivity index (χ2n) is 9.35. The van der Waals surface area contributed by atoms with Crippen LogP contribution < -0.4 is 0 Å². The average Bonchev–Trinajstić information content (AvgIpc) is 3.35. The van der Waals surface area contributed by atoms with E-state index < -0.39 is 30.4 Å². The molecule has 1 aliphatic rings. The molecule has 0 unspecified atom stereocenters. The smallest absolute Gasteiger partial charge is 0.335 e. The fourth-order valence-electron chi connectivity index (χ4n) is 4.86. The molecule has 9 heteroatoms. The molecular formula is C26H24F3N3O3. The van der Waals surface area contributed by atoms with Gasteiger partial charge in [-0.3, -0.25) is 4.98 Å². The number of pyridine rings is 1. The summed E-state index contributed by atoms with van der Waals surface area (Å²) in [6, 6.07) is 8.24. The van der Waals surface area contributed by atoms with Crippen LogP contribution >= 0.6 is 0 Å². The van der Waals surface area contributed by atoms with Crippen LogP contribution in [0.3, 0.4) is 0 Å². The molecule has 0 bridgehead atoms. The van der Waals surface area contributed by atoms with Crippen molar-refractivity contribution in [1.82, 2.24) is 14.7 Å². The molecule has 3 aromatic heterocycles. The SMILES string of the molecule is Cc1noc(C)c1-c1cnc2c(-c3ccc(C(=O)O)cc3)cn(CC3(F)CCC(F)(F)CC3)c2c1. The molecule has 3 heterocycles. The second kappa shape index (κ2) is 8.25. The molecule has 4 aromatic rings. The van der Waals surface area contributed by atoms with E-state index >= 15 is 4.39 Å². The third kappa shape index (κ3) is 4.31. The average molecular weight is 483 g/mol. The second-order valence-corrected chi connectivity index (χ2v) is 9.35. The number of aromatic nitrogens is 3. The van der Waals surface area contributed by atoms with Crippen LogP contribution in [0.15, 0.2) is 47.2 Å². The van der Waals surface area contributed by atoms with Crippen LogP contribution in [0.4, 0.5) is 13.2 Å². The fraction of sp³-hybridized carbons (Fsp3) is 0.346. The van der Waals surface area contributed by atoms with Crippen LogP contribution in [0.1, 0.15) is 47.5 Å². The Bertz CT molecular complexity index is 1390. The molecule has 0 saturated heterocycles. The van der Waals surface area contributed by atoms with Gasteiger partial charge < -0.3 is 14.2 Å². The Kier molecular flexibility index (Phi) is 5.45. The number of fused-ring (bicyclic) bond motifs is 1. The summed E-state index contributed by atoms with van der Waals surface area (Å²) in [5.41, 5.74) is 3.31. The van der Waals surface area contributed by atoms with E-state index in [1.54, 1.807) is 36.0 Å². The number of rotatable bonds is 5. The van der Waals surface area contributed by atoms with Gasteiger partial charge in [0.1, 0.15) is 11.4 Å². The highest BCUT2D eigenvalue weighted by atomic mass is 19.3. The van der Waals surface area contributed by atoms with Crippen LogP contribution in [-0.2, 0) is 6.54 Å². The fourth-order valence-corrected chi connectivity index (χ4v) is 4.86. The number of hydrogen-bond donors (Lipinski definition) is 1. The lowest BCUT2D eigenvalue weighted by molar-refractivity contribution is -0.0791. The molecule has 1 aliphatic carbocycles. The van der Waals surface area contributed by atoms with E-state index in [1.165, 1.54) is 12.1 Å². The molecule has 0 radical (unpaired) electrons. The first-order valence-electron chi connectivity index (χ1n) is 11.4. The highest BCUT2D eigenvalue weighted by Crippen LogP contribution is 2.43. The van der Waals surface area contributed by atoms with E-state index in [2.05, 4.69) is 10.1 Å². The molecule has 182 valence electrons. The molecule has 5 rings (SSSR count). The Balaban J connectivity index is 1.62. The van der Waals surface area contributed by atoms with E-state index in [-0.39, 0.29) is 24.9 Å². The topological polar surface area (TPSA) is 81.2 Å². The van der Waals surface area contributed by atoms with Gasteiger partial charge in [-0.15, -0.1) is 0 Å². The van der Waals surface area contributed by atoms with Gasteiger partial charge in [0.2, 0.25) is 5.92 Å². The number of nitrogens with zero attached hydrogens (tertiary/aromatic N) is 3. The highest BCUT2D eigenvalue weighted by molar-refractivity contribution is 5.96. The molecular weight excluding hydrogens is 459 g/mol. The number of aromatic carboxylic acids is 1. The Hall–Kier alpha value is -3.62. The number of carboxylic acid groups (broad SMARTS) is 1. The summed E-state index contributed by atoms with van der Waals surface area (Å²) in [5, 5.41) is 13.2. The van der Waals surface area contributed by atoms with Crippen molar-refractivity contribution in [3.05, 3.63) is 59.7 Å². The summed E-state index contributed by atoms with van der Waals surface area (Å²) in [5.74, 6) is -3.24. The molecule has 35 heavy (non-hydrogen) atoms. The van der Waals surface area contributed by atoms with Crippen molar-refractivity contribution in [2.75, 3.05) is 0 Å². The number of carbonyl (C=O) groups is 1. The minimum Gasteiger partial charge on any atom is -0.478 e. The summed E-state index contributed by atoms with van der Waals surface area (Å²) in [7, 11) is 0. The zero-order chi connectivity index (χ0) is 25.0. The Morgan fingerprint density at radius 3 is 2.37 bits per heavy atom. The standard InChI is InChI=1S/C26H24F3N3O3/c1-15-22(16(2)35-31-15)19-11-21-23(30-12-19)20(17-3-5-18(6-4-17)24(33)34)13-32(21)14-25(27)7-9-26(28,29)10-8-25/h3-6,11-13H,7-10,14H2,1-2H3,(H,33,34). The normalized spacial score (nSPS) is 17.1. The lowest BCUT2D eigenvalue weighted by Crippen LogP contribution is -2.38. The number of hydrogen-bond acceptors (Lipinski definition) is 4. The van der Waals surface area contributed by atoms with Crippen molar-refractivity contribution in [1.29, 1.82) is 0 Å². The number of aryl methyl sites for hydroxylation is 2. The zero-order valence-corrected chi connectivity index (χ0v) is 19.3. The van der Waals surface area contributed by atoms with Crippen molar-refractivity contribution in [2.45, 2.75) is 57.7 Å². The van der Waals surface area contributed by atoms with Gasteiger partial charge in [-0.05, 0) is 50.5 Å². The van der Waals surface area contributed by atoms with Crippen LogP contribution in [0.2, 0.25) is 0 Å². The maximum Gasteiger partial charge on any atom is 0.335 e. The monoisotopic (exact) mass is 483 g/mol. The van der Waals surface area contributed by atoms with Crippen molar-refractivity contribution >= 4 is 17.0 Å². The summed E-state index contributed by atoms with van der Waals surface area (Å²) < 4.78 is 50.1. The van der Waals surface area contributed by atoms with Crippen molar-refractivity contribution in [2.24, 2.45) is 0 Å². The van der Waals surface area contributed by atoms with E-state index in [9.17, 15) is 18.7 Å². The molecule has 0 aliphatic heterocycles. The van der Waals surface area contributed by atoms with Crippen molar-refractivity contribution < 1.29 is 27.6 Å². The predicted octanol–water partition coefficient (Wildman–Crippen LogP) is 6.59. The van der Waals surface area contributed by atoms with E-state index in [4.69, 9.17) is 4.52 Å². The maximum absolute atomic E-state index is 15.7. The Labute approximate surface area is 199 Å². The minimum atomic E-state index is -2.83. The van der Waals surface area contributed by atoms with Gasteiger partial charge in [0, 0.05) is 41.9 Å². The van der Waals surface area contributed by atoms with E-state index in [0.29, 0.717) is 28.1 Å². The van der Waals surface area contributed by atoms with Crippen LogP contribution in [0, 0.1) is 13.8 Å². The first-order chi connectivity index (χ1) is 16.6. The van der Waals surface area contributed by atoms with Crippen LogP contribution in [0.25, 0.3) is 33.3 Å². The molecule has 1 N–H and O–H groups in total. The number of alkyl halides is 3. The summed E-state index contributed by atoms with van der Waals surface area (Å²) >= 11 is 0. The first-order valence-corrected chi connectivity index (χ1v) is 11.4. The number of benzene rings is 1. The Morgan fingerprint density at radius 2 is 1.77 bits per heavy atom. The quantitative estimate of drug-likeness (QED) is 0.346. The molecule has 6 nitrogen and oxygen atoms in total. The Morgan fingerprint density at radius 1 is 1.09 bits per heavy atom. The largest absolute Gasteiger partial charge is 0.478 e. The highest BCUT2D eigenvalue weighted by Gasteiger charge is 2.44. The molecule has 0 amide bonds.